The Labute approximate surface area is 108 Å². The summed E-state index contributed by atoms with van der Waals surface area (Å²) >= 11 is 0. The fourth-order valence-corrected chi connectivity index (χ4v) is 2.52. The molecule has 0 saturated carbocycles. The molecule has 98 valence electrons. The topological polar surface area (TPSA) is 46.3 Å². The first-order valence-corrected chi connectivity index (χ1v) is 6.44. The second kappa shape index (κ2) is 5.87. The molecule has 1 aliphatic rings. The van der Waals surface area contributed by atoms with Crippen LogP contribution in [0.4, 0.5) is 0 Å². The molecule has 1 saturated heterocycles. The molecule has 18 heavy (non-hydrogen) atoms. The summed E-state index contributed by atoms with van der Waals surface area (Å²) in [4.78, 5) is 1.60. The quantitative estimate of drug-likeness (QED) is 0.476. The fourth-order valence-electron chi connectivity index (χ4n) is 2.52. The maximum absolute atomic E-state index is 8.84. The summed E-state index contributed by atoms with van der Waals surface area (Å²) < 4.78 is 5.41. The van der Waals surface area contributed by atoms with Crippen molar-refractivity contribution < 1.29 is 14.8 Å². The van der Waals surface area contributed by atoms with Crippen LogP contribution in [0.5, 0.6) is 5.75 Å². The van der Waals surface area contributed by atoms with Crippen LogP contribution in [-0.4, -0.2) is 31.1 Å². The predicted octanol–water partition coefficient (Wildman–Crippen LogP) is 1.07. The van der Waals surface area contributed by atoms with Gasteiger partial charge in [-0.1, -0.05) is 5.16 Å². The van der Waals surface area contributed by atoms with Gasteiger partial charge < -0.3 is 14.8 Å². The highest BCUT2D eigenvalue weighted by Gasteiger charge is 2.18. The molecule has 2 rings (SSSR count). The van der Waals surface area contributed by atoms with E-state index in [9.17, 15) is 0 Å². The maximum atomic E-state index is 8.84. The molecule has 0 amide bonds. The van der Waals surface area contributed by atoms with Crippen LogP contribution in [0.2, 0.25) is 0 Å². The van der Waals surface area contributed by atoms with E-state index in [1.54, 1.807) is 18.9 Å². The van der Waals surface area contributed by atoms with Crippen molar-refractivity contribution in [3.8, 4) is 5.75 Å². The van der Waals surface area contributed by atoms with Crippen molar-refractivity contribution >= 4 is 5.71 Å². The predicted molar refractivity (Wildman–Crippen MR) is 70.6 cm³/mol. The summed E-state index contributed by atoms with van der Waals surface area (Å²) in [5, 5.41) is 12.1. The van der Waals surface area contributed by atoms with Gasteiger partial charge in [-0.15, -0.1) is 0 Å². The molecule has 2 N–H and O–H groups in total. The van der Waals surface area contributed by atoms with E-state index in [4.69, 9.17) is 9.94 Å². The monoisotopic (exact) mass is 249 g/mol. The second-order valence-electron chi connectivity index (χ2n) is 4.85. The summed E-state index contributed by atoms with van der Waals surface area (Å²) in [5.41, 5.74) is 2.78. The average Bonchev–Trinajstić information content (AvgIpc) is 2.90. The first kappa shape index (κ1) is 12.9. The van der Waals surface area contributed by atoms with E-state index in [0.29, 0.717) is 5.71 Å². The summed E-state index contributed by atoms with van der Waals surface area (Å²) in [6, 6.07) is 5.95. The summed E-state index contributed by atoms with van der Waals surface area (Å²) in [6.45, 7) is 5.25. The molecule has 4 nitrogen and oxygen atoms in total. The largest absolute Gasteiger partial charge is 0.496 e. The van der Waals surface area contributed by atoms with Gasteiger partial charge in [-0.05, 0) is 30.7 Å². The summed E-state index contributed by atoms with van der Waals surface area (Å²) in [6.07, 6.45) is 2.63. The average molecular weight is 249 g/mol. The standard InChI is InChI=1S/C14H20N2O2/c1-11(15-17)12-5-6-14(18-2)13(9-12)10-16-7-3-4-8-16/h5-6,9,17H,3-4,7-8,10H2,1-2H3/p+1. The Morgan fingerprint density at radius 2 is 2.11 bits per heavy atom. The van der Waals surface area contributed by atoms with E-state index >= 15 is 0 Å². The van der Waals surface area contributed by atoms with Gasteiger partial charge in [-0.25, -0.2) is 0 Å². The van der Waals surface area contributed by atoms with Crippen LogP contribution in [0, 0.1) is 0 Å². The lowest BCUT2D eigenvalue weighted by Gasteiger charge is -2.15. The molecule has 1 fully saturated rings. The van der Waals surface area contributed by atoms with E-state index in [2.05, 4.69) is 11.2 Å². The molecule has 0 spiro atoms. The van der Waals surface area contributed by atoms with E-state index in [1.807, 2.05) is 12.1 Å². The normalized spacial score (nSPS) is 17.1. The molecule has 1 aliphatic heterocycles. The van der Waals surface area contributed by atoms with E-state index in [0.717, 1.165) is 17.9 Å². The Hall–Kier alpha value is -1.55. The Balaban J connectivity index is 2.24. The van der Waals surface area contributed by atoms with Gasteiger partial charge in [0.1, 0.15) is 12.3 Å². The molecular weight excluding hydrogens is 228 g/mol. The Kier molecular flexibility index (Phi) is 4.20. The number of quaternary nitrogens is 1. The lowest BCUT2D eigenvalue weighted by molar-refractivity contribution is -0.901. The van der Waals surface area contributed by atoms with Gasteiger partial charge in [-0.3, -0.25) is 0 Å². The molecule has 1 aromatic rings. The Morgan fingerprint density at radius 3 is 2.72 bits per heavy atom. The first-order chi connectivity index (χ1) is 8.74. The van der Waals surface area contributed by atoms with Crippen molar-refractivity contribution in [2.45, 2.75) is 26.3 Å². The highest BCUT2D eigenvalue weighted by molar-refractivity contribution is 5.98. The van der Waals surface area contributed by atoms with Crippen molar-refractivity contribution in [2.75, 3.05) is 20.2 Å². The van der Waals surface area contributed by atoms with Gasteiger partial charge in [0.25, 0.3) is 0 Å². The SMILES string of the molecule is COc1ccc(C(C)=NO)cc1C[NH+]1CCCC1. The van der Waals surface area contributed by atoms with Gasteiger partial charge in [0, 0.05) is 18.4 Å². The van der Waals surface area contributed by atoms with Crippen LogP contribution in [0.3, 0.4) is 0 Å². The van der Waals surface area contributed by atoms with E-state index in [-0.39, 0.29) is 0 Å². The number of nitrogens with zero attached hydrogens (tertiary/aromatic N) is 1. The van der Waals surface area contributed by atoms with Crippen molar-refractivity contribution in [1.29, 1.82) is 0 Å². The number of benzene rings is 1. The molecular formula is C14H21N2O2+. The molecule has 0 atom stereocenters. The lowest BCUT2D eigenvalue weighted by atomic mass is 10.1. The fraction of sp³-hybridized carbons (Fsp3) is 0.500. The van der Waals surface area contributed by atoms with E-state index < -0.39 is 0 Å². The highest BCUT2D eigenvalue weighted by Crippen LogP contribution is 2.19. The lowest BCUT2D eigenvalue weighted by Crippen LogP contribution is -3.08. The molecule has 0 bridgehead atoms. The van der Waals surface area contributed by atoms with Gasteiger partial charge in [0.2, 0.25) is 0 Å². The van der Waals surface area contributed by atoms with Gasteiger partial charge in [0.15, 0.2) is 0 Å². The third-order valence-corrected chi connectivity index (χ3v) is 3.60. The molecule has 0 unspecified atom stereocenters. The third-order valence-electron chi connectivity index (χ3n) is 3.60. The Morgan fingerprint density at radius 1 is 1.39 bits per heavy atom. The zero-order valence-corrected chi connectivity index (χ0v) is 11.1. The van der Waals surface area contributed by atoms with Crippen molar-refractivity contribution in [1.82, 2.24) is 0 Å². The Bertz CT molecular complexity index is 437. The number of methoxy groups -OCH3 is 1. The number of hydrogen-bond donors (Lipinski definition) is 2. The number of rotatable bonds is 4. The van der Waals surface area contributed by atoms with Crippen LogP contribution >= 0.6 is 0 Å². The smallest absolute Gasteiger partial charge is 0.127 e. The van der Waals surface area contributed by atoms with Crippen LogP contribution in [0.25, 0.3) is 0 Å². The number of nitrogens with one attached hydrogen (secondary N) is 1. The second-order valence-corrected chi connectivity index (χ2v) is 4.85. The molecule has 1 heterocycles. The first-order valence-electron chi connectivity index (χ1n) is 6.44. The highest BCUT2D eigenvalue weighted by atomic mass is 16.5. The molecule has 1 aromatic carbocycles. The third kappa shape index (κ3) is 2.82. The minimum Gasteiger partial charge on any atom is -0.496 e. The minimum atomic E-state index is 0.635. The van der Waals surface area contributed by atoms with Crippen LogP contribution < -0.4 is 9.64 Å². The zero-order valence-electron chi connectivity index (χ0n) is 11.1. The van der Waals surface area contributed by atoms with E-state index in [1.165, 1.54) is 31.5 Å². The minimum absolute atomic E-state index is 0.635. The number of likely N-dealkylation sites (tertiary alicyclic amines) is 1. The van der Waals surface area contributed by atoms with Gasteiger partial charge in [-0.2, -0.15) is 0 Å². The number of hydrogen-bond acceptors (Lipinski definition) is 3. The van der Waals surface area contributed by atoms with Crippen LogP contribution in [-0.2, 0) is 6.54 Å². The zero-order chi connectivity index (χ0) is 13.0. The number of ether oxygens (including phenoxy) is 1. The van der Waals surface area contributed by atoms with Crippen molar-refractivity contribution in [2.24, 2.45) is 5.16 Å². The molecule has 0 radical (unpaired) electrons. The van der Waals surface area contributed by atoms with Crippen molar-refractivity contribution in [3.05, 3.63) is 29.3 Å². The summed E-state index contributed by atoms with van der Waals surface area (Å²) in [5.74, 6) is 0.920. The van der Waals surface area contributed by atoms with Crippen LogP contribution in [0.15, 0.2) is 23.4 Å². The summed E-state index contributed by atoms with van der Waals surface area (Å²) in [7, 11) is 1.70. The maximum Gasteiger partial charge on any atom is 0.127 e. The number of oxime groups is 1. The van der Waals surface area contributed by atoms with Crippen molar-refractivity contribution in [3.63, 3.8) is 0 Å². The van der Waals surface area contributed by atoms with Crippen LogP contribution in [0.1, 0.15) is 30.9 Å². The van der Waals surface area contributed by atoms with Gasteiger partial charge in [0.05, 0.1) is 25.9 Å². The van der Waals surface area contributed by atoms with Gasteiger partial charge >= 0.3 is 0 Å². The molecule has 0 aliphatic carbocycles. The molecule has 0 aromatic heterocycles. The molecule has 4 heteroatoms.